The third-order valence-electron chi connectivity index (χ3n) is 3.25. The number of nitrogens with one attached hydrogen (secondary N) is 1. The molecule has 1 unspecified atom stereocenters. The molecule has 100 valence electrons. The number of rotatable bonds is 2. The lowest BCUT2D eigenvalue weighted by atomic mass is 9.97. The molecule has 1 aromatic heterocycles. The second-order valence-corrected chi connectivity index (χ2v) is 4.60. The Kier molecular flexibility index (Phi) is 3.38. The Morgan fingerprint density at radius 2 is 2.17 bits per heavy atom. The van der Waals surface area contributed by atoms with Gasteiger partial charge in [0.15, 0.2) is 6.23 Å². The van der Waals surface area contributed by atoms with Gasteiger partial charge >= 0.3 is 5.69 Å². The molecular weight excluding hydrogens is 240 g/mol. The molecule has 0 saturated carbocycles. The molecule has 0 bridgehead atoms. The molecule has 2 rings (SSSR count). The summed E-state index contributed by atoms with van der Waals surface area (Å²) in [6.45, 7) is 3.30. The maximum Gasteiger partial charge on any atom is 0.330 e. The normalized spacial score (nSPS) is 33.6. The summed E-state index contributed by atoms with van der Waals surface area (Å²) in [5, 5.41) is 19.6. The molecule has 5 atom stereocenters. The topological polar surface area (TPSA) is 105 Å². The average molecular weight is 256 g/mol. The molecule has 1 aromatic rings. The van der Waals surface area contributed by atoms with Crippen LogP contribution in [0, 0.1) is 5.92 Å². The van der Waals surface area contributed by atoms with Crippen molar-refractivity contribution in [3.8, 4) is 0 Å². The van der Waals surface area contributed by atoms with Gasteiger partial charge in [-0.3, -0.25) is 14.3 Å². The highest BCUT2D eigenvalue weighted by molar-refractivity contribution is 4.92. The number of ether oxygens (including phenoxy) is 1. The summed E-state index contributed by atoms with van der Waals surface area (Å²) in [5.74, 6) is -0.311. The van der Waals surface area contributed by atoms with E-state index in [0.29, 0.717) is 0 Å². The molecule has 2 heterocycles. The first-order valence-electron chi connectivity index (χ1n) is 5.75. The van der Waals surface area contributed by atoms with Gasteiger partial charge in [-0.25, -0.2) is 4.79 Å². The summed E-state index contributed by atoms with van der Waals surface area (Å²) in [6, 6.07) is 1.18. The van der Waals surface area contributed by atoms with Gasteiger partial charge in [0.2, 0.25) is 0 Å². The third kappa shape index (κ3) is 2.12. The van der Waals surface area contributed by atoms with E-state index in [9.17, 15) is 19.8 Å². The molecule has 1 saturated heterocycles. The summed E-state index contributed by atoms with van der Waals surface area (Å²) >= 11 is 0. The molecular formula is C11H16N2O5. The quantitative estimate of drug-likeness (QED) is 0.617. The fourth-order valence-electron chi connectivity index (χ4n) is 2.23. The molecule has 0 aliphatic carbocycles. The van der Waals surface area contributed by atoms with Gasteiger partial charge in [0.1, 0.15) is 6.10 Å². The van der Waals surface area contributed by atoms with Crippen molar-refractivity contribution in [3.63, 3.8) is 0 Å². The van der Waals surface area contributed by atoms with Crippen LogP contribution in [0.15, 0.2) is 21.9 Å². The van der Waals surface area contributed by atoms with Crippen molar-refractivity contribution < 1.29 is 14.9 Å². The fraction of sp³-hybridized carbons (Fsp3) is 0.636. The van der Waals surface area contributed by atoms with E-state index in [-0.39, 0.29) is 5.92 Å². The lowest BCUT2D eigenvalue weighted by molar-refractivity contribution is -0.0749. The first kappa shape index (κ1) is 13.0. The van der Waals surface area contributed by atoms with Gasteiger partial charge < -0.3 is 14.9 Å². The van der Waals surface area contributed by atoms with Gasteiger partial charge in [-0.15, -0.1) is 0 Å². The van der Waals surface area contributed by atoms with Crippen LogP contribution in [0.1, 0.15) is 20.1 Å². The molecule has 3 N–H and O–H groups in total. The van der Waals surface area contributed by atoms with Gasteiger partial charge in [-0.05, 0) is 6.92 Å². The maximum atomic E-state index is 11.6. The number of aromatic nitrogens is 2. The van der Waals surface area contributed by atoms with E-state index in [0.717, 1.165) is 4.57 Å². The Hall–Kier alpha value is -1.44. The zero-order chi connectivity index (χ0) is 13.4. The number of hydrogen-bond donors (Lipinski definition) is 3. The summed E-state index contributed by atoms with van der Waals surface area (Å²) in [4.78, 5) is 24.7. The van der Waals surface area contributed by atoms with E-state index in [2.05, 4.69) is 4.98 Å². The summed E-state index contributed by atoms with van der Waals surface area (Å²) < 4.78 is 6.61. The predicted molar refractivity (Wildman–Crippen MR) is 62.1 cm³/mol. The van der Waals surface area contributed by atoms with Crippen molar-refractivity contribution in [1.29, 1.82) is 0 Å². The molecule has 0 aromatic carbocycles. The molecule has 18 heavy (non-hydrogen) atoms. The second kappa shape index (κ2) is 4.68. The van der Waals surface area contributed by atoms with Crippen molar-refractivity contribution in [1.82, 2.24) is 9.55 Å². The highest BCUT2D eigenvalue weighted by Crippen LogP contribution is 2.34. The second-order valence-electron chi connectivity index (χ2n) is 4.60. The molecule has 0 amide bonds. The van der Waals surface area contributed by atoms with Gasteiger partial charge in [0, 0.05) is 18.2 Å². The minimum Gasteiger partial charge on any atom is -0.391 e. The number of H-pyrrole nitrogens is 1. The Balaban J connectivity index is 2.35. The van der Waals surface area contributed by atoms with Crippen LogP contribution in [0.25, 0.3) is 0 Å². The van der Waals surface area contributed by atoms with Gasteiger partial charge in [0.25, 0.3) is 5.56 Å². The van der Waals surface area contributed by atoms with E-state index in [4.69, 9.17) is 4.74 Å². The highest BCUT2D eigenvalue weighted by atomic mass is 16.5. The SMILES string of the molecule is CC(O)[C@H]1O[C@@H](n2ccc(=O)[nH]c2=O)[C@H](O)[C@@H]1C. The van der Waals surface area contributed by atoms with E-state index < -0.39 is 35.8 Å². The van der Waals surface area contributed by atoms with Crippen molar-refractivity contribution in [3.05, 3.63) is 33.1 Å². The first-order chi connectivity index (χ1) is 8.41. The Morgan fingerprint density at radius 1 is 1.50 bits per heavy atom. The zero-order valence-corrected chi connectivity index (χ0v) is 10.1. The zero-order valence-electron chi connectivity index (χ0n) is 10.1. The Bertz CT molecular complexity index is 535. The minimum atomic E-state index is -0.923. The number of aromatic amines is 1. The van der Waals surface area contributed by atoms with Gasteiger partial charge in [-0.1, -0.05) is 6.92 Å². The van der Waals surface area contributed by atoms with Crippen molar-refractivity contribution in [2.24, 2.45) is 5.92 Å². The van der Waals surface area contributed by atoms with E-state index >= 15 is 0 Å². The molecule has 1 aliphatic heterocycles. The van der Waals surface area contributed by atoms with Crippen LogP contribution in [0.3, 0.4) is 0 Å². The van der Waals surface area contributed by atoms with Crippen molar-refractivity contribution in [2.45, 2.75) is 38.4 Å². The number of nitrogens with zero attached hydrogens (tertiary/aromatic N) is 1. The monoisotopic (exact) mass is 256 g/mol. The molecule has 0 radical (unpaired) electrons. The summed E-state index contributed by atoms with van der Waals surface area (Å²) in [7, 11) is 0. The van der Waals surface area contributed by atoms with Crippen molar-refractivity contribution in [2.75, 3.05) is 0 Å². The predicted octanol–water partition coefficient (Wildman–Crippen LogP) is -1.19. The molecule has 1 fully saturated rings. The highest BCUT2D eigenvalue weighted by Gasteiger charge is 2.44. The molecule has 0 spiro atoms. The smallest absolute Gasteiger partial charge is 0.330 e. The lowest BCUT2D eigenvalue weighted by Crippen LogP contribution is -2.35. The van der Waals surface area contributed by atoms with Crippen LogP contribution in [-0.4, -0.2) is 38.1 Å². The molecule has 7 heteroatoms. The van der Waals surface area contributed by atoms with Crippen molar-refractivity contribution >= 4 is 0 Å². The van der Waals surface area contributed by atoms with Gasteiger partial charge in [0.05, 0.1) is 12.2 Å². The Labute approximate surface area is 103 Å². The molecule has 7 nitrogen and oxygen atoms in total. The summed E-state index contributed by atoms with van der Waals surface area (Å²) in [6.07, 6.45) is -1.86. The van der Waals surface area contributed by atoms with Crippen LogP contribution in [0.4, 0.5) is 0 Å². The minimum absolute atomic E-state index is 0.311. The first-order valence-corrected chi connectivity index (χ1v) is 5.75. The number of aliphatic hydroxyl groups excluding tert-OH is 2. The van der Waals surface area contributed by atoms with Crippen LogP contribution in [0.5, 0.6) is 0 Å². The number of hydrogen-bond acceptors (Lipinski definition) is 5. The Morgan fingerprint density at radius 3 is 2.67 bits per heavy atom. The van der Waals surface area contributed by atoms with E-state index in [1.807, 2.05) is 0 Å². The fourth-order valence-corrected chi connectivity index (χ4v) is 2.23. The third-order valence-corrected chi connectivity index (χ3v) is 3.25. The largest absolute Gasteiger partial charge is 0.391 e. The van der Waals surface area contributed by atoms with Gasteiger partial charge in [-0.2, -0.15) is 0 Å². The lowest BCUT2D eigenvalue weighted by Gasteiger charge is -2.18. The molecule has 1 aliphatic rings. The van der Waals surface area contributed by atoms with E-state index in [1.54, 1.807) is 13.8 Å². The van der Waals surface area contributed by atoms with Crippen LogP contribution < -0.4 is 11.2 Å². The van der Waals surface area contributed by atoms with E-state index in [1.165, 1.54) is 12.3 Å². The standard InChI is InChI=1S/C11H16N2O5/c1-5-8(16)10(18-9(5)6(2)14)13-4-3-7(15)12-11(13)17/h3-6,8-10,14,16H,1-2H3,(H,12,15,17)/t5-,6?,8+,9-,10+/m0/s1. The summed E-state index contributed by atoms with van der Waals surface area (Å²) in [5.41, 5.74) is -1.16. The van der Waals surface area contributed by atoms with Crippen LogP contribution >= 0.6 is 0 Å². The average Bonchev–Trinajstić information content (AvgIpc) is 2.57. The van der Waals surface area contributed by atoms with Crippen LogP contribution in [0.2, 0.25) is 0 Å². The maximum absolute atomic E-state index is 11.6. The number of aliphatic hydroxyl groups is 2. The van der Waals surface area contributed by atoms with Crippen LogP contribution in [-0.2, 0) is 4.74 Å².